The van der Waals surface area contributed by atoms with Crippen molar-refractivity contribution in [3.63, 3.8) is 0 Å². The van der Waals surface area contributed by atoms with Crippen molar-refractivity contribution in [2.24, 2.45) is 11.7 Å². The van der Waals surface area contributed by atoms with E-state index in [9.17, 15) is 0 Å². The molecule has 0 saturated heterocycles. The van der Waals surface area contributed by atoms with E-state index in [2.05, 4.69) is 22.4 Å². The molecule has 2 rings (SSSR count). The van der Waals surface area contributed by atoms with Gasteiger partial charge in [-0.2, -0.15) is 0 Å². The van der Waals surface area contributed by atoms with E-state index >= 15 is 0 Å². The SMILES string of the molecule is CC(N)c1nnnn1C1CCCCC1C. The number of nitrogens with zero attached hydrogens (tertiary/aromatic N) is 4. The number of tetrazole rings is 1. The lowest BCUT2D eigenvalue weighted by molar-refractivity contribution is 0.230. The largest absolute Gasteiger partial charge is 0.322 e. The Kier molecular flexibility index (Phi) is 3.00. The van der Waals surface area contributed by atoms with Crippen molar-refractivity contribution in [3.05, 3.63) is 5.82 Å². The first-order valence-electron chi connectivity index (χ1n) is 5.73. The molecule has 1 saturated carbocycles. The fourth-order valence-electron chi connectivity index (χ4n) is 2.40. The molecule has 0 spiro atoms. The Morgan fingerprint density at radius 3 is 2.80 bits per heavy atom. The van der Waals surface area contributed by atoms with Gasteiger partial charge in [-0.05, 0) is 36.1 Å². The summed E-state index contributed by atoms with van der Waals surface area (Å²) in [5.74, 6) is 1.47. The van der Waals surface area contributed by atoms with Gasteiger partial charge in [-0.1, -0.05) is 19.8 Å². The van der Waals surface area contributed by atoms with Crippen molar-refractivity contribution in [2.45, 2.75) is 51.6 Å². The minimum atomic E-state index is -0.0888. The lowest BCUT2D eigenvalue weighted by Gasteiger charge is -2.29. The van der Waals surface area contributed by atoms with Crippen LogP contribution in [0, 0.1) is 5.92 Å². The molecule has 1 aromatic heterocycles. The summed E-state index contributed by atoms with van der Waals surface area (Å²) in [4.78, 5) is 0. The van der Waals surface area contributed by atoms with Crippen LogP contribution in [0.3, 0.4) is 0 Å². The molecule has 5 nitrogen and oxygen atoms in total. The predicted octanol–water partition coefficient (Wildman–Crippen LogP) is 1.44. The first-order chi connectivity index (χ1) is 7.20. The highest BCUT2D eigenvalue weighted by Crippen LogP contribution is 2.33. The topological polar surface area (TPSA) is 69.6 Å². The lowest BCUT2D eigenvalue weighted by atomic mass is 9.86. The summed E-state index contributed by atoms with van der Waals surface area (Å²) in [6.07, 6.45) is 5.04. The average molecular weight is 209 g/mol. The molecule has 5 heteroatoms. The molecule has 0 amide bonds. The number of hydrogen-bond donors (Lipinski definition) is 1. The van der Waals surface area contributed by atoms with Crippen molar-refractivity contribution >= 4 is 0 Å². The Hall–Kier alpha value is -0.970. The van der Waals surface area contributed by atoms with Crippen LogP contribution in [0.5, 0.6) is 0 Å². The smallest absolute Gasteiger partial charge is 0.167 e. The highest BCUT2D eigenvalue weighted by Gasteiger charge is 2.26. The Morgan fingerprint density at radius 1 is 1.40 bits per heavy atom. The zero-order chi connectivity index (χ0) is 10.8. The Labute approximate surface area is 90.0 Å². The first-order valence-corrected chi connectivity index (χ1v) is 5.73. The van der Waals surface area contributed by atoms with Crippen LogP contribution in [0.25, 0.3) is 0 Å². The first kappa shape index (κ1) is 10.5. The third kappa shape index (κ3) is 2.02. The maximum Gasteiger partial charge on any atom is 0.167 e. The van der Waals surface area contributed by atoms with Gasteiger partial charge < -0.3 is 5.73 Å². The van der Waals surface area contributed by atoms with E-state index in [1.807, 2.05) is 11.6 Å². The molecule has 0 bridgehead atoms. The van der Waals surface area contributed by atoms with Crippen LogP contribution in [0.2, 0.25) is 0 Å². The molecular weight excluding hydrogens is 190 g/mol. The maximum atomic E-state index is 5.85. The summed E-state index contributed by atoms with van der Waals surface area (Å²) in [7, 11) is 0. The van der Waals surface area contributed by atoms with Gasteiger partial charge in [0.2, 0.25) is 0 Å². The molecule has 0 aromatic carbocycles. The maximum absolute atomic E-state index is 5.85. The van der Waals surface area contributed by atoms with E-state index in [1.54, 1.807) is 0 Å². The normalized spacial score (nSPS) is 29.0. The van der Waals surface area contributed by atoms with Gasteiger partial charge in [0.15, 0.2) is 5.82 Å². The molecule has 3 unspecified atom stereocenters. The van der Waals surface area contributed by atoms with E-state index < -0.39 is 0 Å². The summed E-state index contributed by atoms with van der Waals surface area (Å²) in [6.45, 7) is 4.20. The summed E-state index contributed by atoms with van der Waals surface area (Å²) in [5.41, 5.74) is 5.85. The van der Waals surface area contributed by atoms with E-state index in [-0.39, 0.29) is 6.04 Å². The van der Waals surface area contributed by atoms with Crippen LogP contribution in [-0.4, -0.2) is 20.2 Å². The van der Waals surface area contributed by atoms with Gasteiger partial charge >= 0.3 is 0 Å². The van der Waals surface area contributed by atoms with Crippen molar-refractivity contribution in [1.29, 1.82) is 0 Å². The summed E-state index contributed by atoms with van der Waals surface area (Å²) < 4.78 is 1.94. The number of rotatable bonds is 2. The lowest BCUT2D eigenvalue weighted by Crippen LogP contribution is -2.26. The van der Waals surface area contributed by atoms with Crippen molar-refractivity contribution in [3.8, 4) is 0 Å². The van der Waals surface area contributed by atoms with Crippen molar-refractivity contribution in [1.82, 2.24) is 20.2 Å². The molecule has 1 heterocycles. The van der Waals surface area contributed by atoms with Gasteiger partial charge in [0.25, 0.3) is 0 Å². The van der Waals surface area contributed by atoms with Crippen molar-refractivity contribution < 1.29 is 0 Å². The summed E-state index contributed by atoms with van der Waals surface area (Å²) >= 11 is 0. The van der Waals surface area contributed by atoms with Crippen LogP contribution < -0.4 is 5.73 Å². The molecular formula is C10H19N5. The molecule has 0 radical (unpaired) electrons. The molecule has 3 atom stereocenters. The van der Waals surface area contributed by atoms with Crippen LogP contribution in [-0.2, 0) is 0 Å². The quantitative estimate of drug-likeness (QED) is 0.800. The van der Waals surface area contributed by atoms with Gasteiger partial charge in [0.1, 0.15) is 0 Å². The van der Waals surface area contributed by atoms with Crippen LogP contribution in [0.4, 0.5) is 0 Å². The number of hydrogen-bond acceptors (Lipinski definition) is 4. The summed E-state index contributed by atoms with van der Waals surface area (Å²) in [6, 6.07) is 0.351. The van der Waals surface area contributed by atoms with E-state index in [1.165, 1.54) is 25.7 Å². The van der Waals surface area contributed by atoms with E-state index in [0.717, 1.165) is 5.82 Å². The molecule has 84 valence electrons. The summed E-state index contributed by atoms with van der Waals surface area (Å²) in [5, 5.41) is 11.8. The predicted molar refractivity (Wildman–Crippen MR) is 57.1 cm³/mol. The molecule has 2 N–H and O–H groups in total. The highest BCUT2D eigenvalue weighted by molar-refractivity contribution is 4.92. The molecule has 1 aromatic rings. The van der Waals surface area contributed by atoms with Gasteiger partial charge in [0, 0.05) is 0 Å². The van der Waals surface area contributed by atoms with Crippen LogP contribution in [0.15, 0.2) is 0 Å². The Balaban J connectivity index is 2.23. The fourth-order valence-corrected chi connectivity index (χ4v) is 2.40. The van der Waals surface area contributed by atoms with Gasteiger partial charge in [-0.3, -0.25) is 0 Å². The molecule has 1 aliphatic rings. The minimum absolute atomic E-state index is 0.0888. The molecule has 1 aliphatic carbocycles. The standard InChI is InChI=1S/C10H19N5/c1-7-5-3-4-6-9(7)15-10(8(2)11)12-13-14-15/h7-9H,3-6,11H2,1-2H3. The van der Waals surface area contributed by atoms with Crippen LogP contribution >= 0.6 is 0 Å². The van der Waals surface area contributed by atoms with Gasteiger partial charge in [-0.25, -0.2) is 4.68 Å². The second-order valence-electron chi connectivity index (χ2n) is 4.60. The zero-order valence-corrected chi connectivity index (χ0v) is 9.43. The monoisotopic (exact) mass is 209 g/mol. The Bertz CT molecular complexity index is 319. The minimum Gasteiger partial charge on any atom is -0.322 e. The third-order valence-electron chi connectivity index (χ3n) is 3.31. The molecule has 0 aliphatic heterocycles. The van der Waals surface area contributed by atoms with Gasteiger partial charge in [0.05, 0.1) is 12.1 Å². The molecule has 1 fully saturated rings. The van der Waals surface area contributed by atoms with Crippen LogP contribution in [0.1, 0.15) is 57.4 Å². The second kappa shape index (κ2) is 4.26. The number of nitrogens with two attached hydrogens (primary N) is 1. The van der Waals surface area contributed by atoms with Crippen molar-refractivity contribution in [2.75, 3.05) is 0 Å². The average Bonchev–Trinajstić information content (AvgIpc) is 2.67. The zero-order valence-electron chi connectivity index (χ0n) is 9.43. The fraction of sp³-hybridized carbons (Fsp3) is 0.900. The second-order valence-corrected chi connectivity index (χ2v) is 4.60. The van der Waals surface area contributed by atoms with Gasteiger partial charge in [-0.15, -0.1) is 5.10 Å². The number of aromatic nitrogens is 4. The Morgan fingerprint density at radius 2 is 2.13 bits per heavy atom. The van der Waals surface area contributed by atoms with E-state index in [0.29, 0.717) is 12.0 Å². The van der Waals surface area contributed by atoms with E-state index in [4.69, 9.17) is 5.73 Å². The third-order valence-corrected chi connectivity index (χ3v) is 3.31. The molecule has 15 heavy (non-hydrogen) atoms. The highest BCUT2D eigenvalue weighted by atomic mass is 15.6.